The van der Waals surface area contributed by atoms with Crippen molar-refractivity contribution < 1.29 is 4.74 Å². The van der Waals surface area contributed by atoms with Crippen molar-refractivity contribution in [1.29, 1.82) is 0 Å². The van der Waals surface area contributed by atoms with Crippen LogP contribution in [0.2, 0.25) is 0 Å². The van der Waals surface area contributed by atoms with Gasteiger partial charge in [0.15, 0.2) is 0 Å². The molecule has 0 aromatic carbocycles. The van der Waals surface area contributed by atoms with Gasteiger partial charge in [0.1, 0.15) is 6.61 Å². The van der Waals surface area contributed by atoms with E-state index in [1.165, 1.54) is 6.26 Å². The van der Waals surface area contributed by atoms with Gasteiger partial charge in [-0.3, -0.25) is 4.99 Å². The van der Waals surface area contributed by atoms with Gasteiger partial charge in [-0.25, -0.2) is 0 Å². The topological polar surface area (TPSA) is 21.6 Å². The Morgan fingerprint density at radius 1 is 1.67 bits per heavy atom. The summed E-state index contributed by atoms with van der Waals surface area (Å²) in [6.07, 6.45) is 7.40. The molecule has 0 atom stereocenters. The van der Waals surface area contributed by atoms with E-state index in [0.29, 0.717) is 13.2 Å². The SMILES string of the molecule is C=COCCN=C(C=CC)SC. The van der Waals surface area contributed by atoms with Crippen LogP contribution in [0.3, 0.4) is 0 Å². The van der Waals surface area contributed by atoms with Crippen molar-refractivity contribution >= 4 is 16.8 Å². The molecule has 0 saturated heterocycles. The highest BCUT2D eigenvalue weighted by Crippen LogP contribution is 1.99. The van der Waals surface area contributed by atoms with Gasteiger partial charge in [-0.15, -0.1) is 11.8 Å². The van der Waals surface area contributed by atoms with E-state index in [1.54, 1.807) is 11.8 Å². The molecule has 0 fully saturated rings. The van der Waals surface area contributed by atoms with Crippen molar-refractivity contribution in [1.82, 2.24) is 0 Å². The molecule has 0 radical (unpaired) electrons. The standard InChI is InChI=1S/C9H15NOS/c1-4-6-9(12-3)10-7-8-11-5-2/h4-6H,2,7-8H2,1,3H3. The summed E-state index contributed by atoms with van der Waals surface area (Å²) < 4.78 is 4.93. The van der Waals surface area contributed by atoms with E-state index < -0.39 is 0 Å². The largest absolute Gasteiger partial charge is 0.500 e. The number of rotatable bonds is 5. The molecular weight excluding hydrogens is 170 g/mol. The average Bonchev–Trinajstić information content (AvgIpc) is 2.10. The van der Waals surface area contributed by atoms with Gasteiger partial charge < -0.3 is 4.74 Å². The monoisotopic (exact) mass is 185 g/mol. The molecule has 2 nitrogen and oxygen atoms in total. The lowest BCUT2D eigenvalue weighted by molar-refractivity contribution is 0.261. The molecule has 0 unspecified atom stereocenters. The third kappa shape index (κ3) is 6.04. The molecule has 0 aliphatic rings. The minimum absolute atomic E-state index is 0.602. The fraction of sp³-hybridized carbons (Fsp3) is 0.444. The van der Waals surface area contributed by atoms with Crippen LogP contribution in [0.4, 0.5) is 0 Å². The zero-order valence-electron chi connectivity index (χ0n) is 7.62. The number of thioether (sulfide) groups is 1. The van der Waals surface area contributed by atoms with E-state index in [0.717, 1.165) is 5.04 Å². The molecular formula is C9H15NOS. The van der Waals surface area contributed by atoms with Gasteiger partial charge in [-0.05, 0) is 19.3 Å². The lowest BCUT2D eigenvalue weighted by atomic mass is 10.5. The average molecular weight is 185 g/mol. The predicted octanol–water partition coefficient (Wildman–Crippen LogP) is 2.48. The third-order valence-electron chi connectivity index (χ3n) is 1.11. The van der Waals surface area contributed by atoms with Crippen LogP contribution in [0.5, 0.6) is 0 Å². The smallest absolute Gasteiger partial charge is 0.107 e. The predicted molar refractivity (Wildman–Crippen MR) is 56.8 cm³/mol. The number of nitrogens with zero attached hydrogens (tertiary/aromatic N) is 1. The second-order valence-corrected chi connectivity index (χ2v) is 2.79. The number of aliphatic imine (C=N–C) groups is 1. The fourth-order valence-corrected chi connectivity index (χ4v) is 1.11. The van der Waals surface area contributed by atoms with Crippen LogP contribution < -0.4 is 0 Å². The van der Waals surface area contributed by atoms with Gasteiger partial charge in [0.05, 0.1) is 17.9 Å². The van der Waals surface area contributed by atoms with Crippen molar-refractivity contribution in [2.75, 3.05) is 19.4 Å². The van der Waals surface area contributed by atoms with Crippen LogP contribution in [0, 0.1) is 0 Å². The molecule has 3 heteroatoms. The Labute approximate surface area is 78.4 Å². The molecule has 0 amide bonds. The highest BCUT2D eigenvalue weighted by Gasteiger charge is 1.88. The first-order valence-electron chi connectivity index (χ1n) is 3.78. The normalized spacial score (nSPS) is 12.0. The molecule has 12 heavy (non-hydrogen) atoms. The van der Waals surface area contributed by atoms with Crippen molar-refractivity contribution in [2.45, 2.75) is 6.92 Å². The van der Waals surface area contributed by atoms with Gasteiger partial charge >= 0.3 is 0 Å². The molecule has 0 saturated carbocycles. The van der Waals surface area contributed by atoms with Gasteiger partial charge in [0.25, 0.3) is 0 Å². The molecule has 0 aliphatic heterocycles. The van der Waals surface area contributed by atoms with Crippen LogP contribution in [-0.4, -0.2) is 24.5 Å². The van der Waals surface area contributed by atoms with Gasteiger partial charge in [0.2, 0.25) is 0 Å². The third-order valence-corrected chi connectivity index (χ3v) is 1.80. The molecule has 68 valence electrons. The van der Waals surface area contributed by atoms with E-state index in [9.17, 15) is 0 Å². The minimum atomic E-state index is 0.602. The zero-order chi connectivity index (χ0) is 9.23. The van der Waals surface area contributed by atoms with Crippen LogP contribution in [0.25, 0.3) is 0 Å². The maximum atomic E-state index is 4.93. The first-order valence-corrected chi connectivity index (χ1v) is 5.01. The maximum absolute atomic E-state index is 4.93. The Hall–Kier alpha value is -0.700. The summed E-state index contributed by atoms with van der Waals surface area (Å²) in [7, 11) is 0. The Bertz CT molecular complexity index is 175. The first kappa shape index (κ1) is 11.3. The van der Waals surface area contributed by atoms with Gasteiger partial charge in [-0.2, -0.15) is 0 Å². The van der Waals surface area contributed by atoms with Crippen LogP contribution >= 0.6 is 11.8 Å². The second-order valence-electron chi connectivity index (χ2n) is 1.96. The summed E-state index contributed by atoms with van der Waals surface area (Å²) in [6, 6.07) is 0. The molecule has 0 aromatic heterocycles. The molecule has 0 rings (SSSR count). The Morgan fingerprint density at radius 3 is 2.92 bits per heavy atom. The molecule has 0 N–H and O–H groups in total. The number of hydrogen-bond donors (Lipinski definition) is 0. The summed E-state index contributed by atoms with van der Waals surface area (Å²) in [4.78, 5) is 4.29. The Morgan fingerprint density at radius 2 is 2.42 bits per heavy atom. The summed E-state index contributed by atoms with van der Waals surface area (Å²) in [5.74, 6) is 0. The first-order chi connectivity index (χ1) is 5.85. The number of ether oxygens (including phenoxy) is 1. The fourth-order valence-electron chi connectivity index (χ4n) is 0.620. The Balaban J connectivity index is 3.69. The highest BCUT2D eigenvalue weighted by molar-refractivity contribution is 8.13. The van der Waals surface area contributed by atoms with Crippen molar-refractivity contribution in [3.05, 3.63) is 25.0 Å². The number of hydrogen-bond acceptors (Lipinski definition) is 3. The van der Waals surface area contributed by atoms with Gasteiger partial charge in [-0.1, -0.05) is 12.7 Å². The summed E-state index contributed by atoms with van der Waals surface area (Å²) in [5, 5.41) is 1.03. The Kier molecular flexibility index (Phi) is 7.91. The summed E-state index contributed by atoms with van der Waals surface area (Å²) in [5.41, 5.74) is 0. The van der Waals surface area contributed by atoms with Crippen molar-refractivity contribution in [3.8, 4) is 0 Å². The van der Waals surface area contributed by atoms with E-state index in [4.69, 9.17) is 4.74 Å². The zero-order valence-corrected chi connectivity index (χ0v) is 8.43. The van der Waals surface area contributed by atoms with E-state index in [-0.39, 0.29) is 0 Å². The molecule has 0 bridgehead atoms. The lowest BCUT2D eigenvalue weighted by Crippen LogP contribution is -1.95. The molecule has 0 heterocycles. The maximum Gasteiger partial charge on any atom is 0.107 e. The minimum Gasteiger partial charge on any atom is -0.500 e. The summed E-state index contributed by atoms with van der Waals surface area (Å²) >= 11 is 1.63. The molecule has 0 aliphatic carbocycles. The van der Waals surface area contributed by atoms with Crippen LogP contribution in [-0.2, 0) is 4.74 Å². The quantitative estimate of drug-likeness (QED) is 0.284. The number of allylic oxidation sites excluding steroid dienone is 1. The van der Waals surface area contributed by atoms with Crippen molar-refractivity contribution in [3.63, 3.8) is 0 Å². The van der Waals surface area contributed by atoms with E-state index >= 15 is 0 Å². The lowest BCUT2D eigenvalue weighted by Gasteiger charge is -1.97. The van der Waals surface area contributed by atoms with Crippen LogP contribution in [0.15, 0.2) is 30.0 Å². The highest BCUT2D eigenvalue weighted by atomic mass is 32.2. The molecule has 0 aromatic rings. The molecule has 0 spiro atoms. The van der Waals surface area contributed by atoms with Gasteiger partial charge in [0, 0.05) is 0 Å². The summed E-state index contributed by atoms with van der Waals surface area (Å²) in [6.45, 7) is 6.71. The van der Waals surface area contributed by atoms with Crippen LogP contribution in [0.1, 0.15) is 6.92 Å². The van der Waals surface area contributed by atoms with E-state index in [1.807, 2.05) is 25.3 Å². The van der Waals surface area contributed by atoms with Crippen molar-refractivity contribution in [2.24, 2.45) is 4.99 Å². The van der Waals surface area contributed by atoms with E-state index in [2.05, 4.69) is 11.6 Å². The second kappa shape index (κ2) is 8.40.